The molecule has 0 fully saturated rings. The largest absolute Gasteiger partial charge is 0.486 e. The Kier molecular flexibility index (Phi) is 3.56. The first-order valence-corrected chi connectivity index (χ1v) is 6.05. The normalized spacial score (nSPS) is 13.5. The lowest BCUT2D eigenvalue weighted by Crippen LogP contribution is -2.15. The van der Waals surface area contributed by atoms with Crippen LogP contribution in [0.25, 0.3) is 0 Å². The Bertz CT molecular complexity index is 395. The highest BCUT2D eigenvalue weighted by Crippen LogP contribution is 2.34. The predicted octanol–water partition coefficient (Wildman–Crippen LogP) is 1.43. The van der Waals surface area contributed by atoms with E-state index < -0.39 is 0 Å². The van der Waals surface area contributed by atoms with Crippen LogP contribution < -0.4 is 15.2 Å². The number of thioether (sulfide) groups is 1. The summed E-state index contributed by atoms with van der Waals surface area (Å²) in [6, 6.07) is 5.78. The van der Waals surface area contributed by atoms with Gasteiger partial charge in [0.25, 0.3) is 0 Å². The van der Waals surface area contributed by atoms with Gasteiger partial charge in [-0.15, -0.1) is 11.8 Å². The molecule has 4 nitrogen and oxygen atoms in total. The summed E-state index contributed by atoms with van der Waals surface area (Å²) in [5.41, 5.74) is 5.07. The lowest BCUT2D eigenvalue weighted by atomic mass is 10.3. The fourth-order valence-corrected chi connectivity index (χ4v) is 2.28. The molecule has 0 radical (unpaired) electrons. The predicted molar refractivity (Wildman–Crippen MR) is 62.0 cm³/mol. The Morgan fingerprint density at radius 1 is 1.31 bits per heavy atom. The van der Waals surface area contributed by atoms with Gasteiger partial charge in [0, 0.05) is 17.1 Å². The highest BCUT2D eigenvalue weighted by Gasteiger charge is 2.11. The maximum atomic E-state index is 10.6. The summed E-state index contributed by atoms with van der Waals surface area (Å²) in [7, 11) is 0. The van der Waals surface area contributed by atoms with Gasteiger partial charge >= 0.3 is 0 Å². The van der Waals surface area contributed by atoms with E-state index in [0.29, 0.717) is 25.4 Å². The van der Waals surface area contributed by atoms with Gasteiger partial charge < -0.3 is 15.2 Å². The van der Waals surface area contributed by atoms with Crippen molar-refractivity contribution in [3.05, 3.63) is 18.2 Å². The third kappa shape index (κ3) is 2.82. The van der Waals surface area contributed by atoms with E-state index in [2.05, 4.69) is 0 Å². The quantitative estimate of drug-likeness (QED) is 0.807. The monoisotopic (exact) mass is 239 g/mol. The molecule has 1 aliphatic heterocycles. The number of primary amides is 1. The minimum atomic E-state index is -0.273. The van der Waals surface area contributed by atoms with Crippen LogP contribution in [0.4, 0.5) is 0 Å². The molecule has 0 unspecified atom stereocenters. The molecule has 1 aromatic carbocycles. The number of amides is 1. The standard InChI is InChI=1S/C11H13NO3S/c12-11(13)3-6-16-8-1-2-9-10(7-8)15-5-4-14-9/h1-2,7H,3-6H2,(H2,12,13). The highest BCUT2D eigenvalue weighted by atomic mass is 32.2. The average Bonchev–Trinajstić information content (AvgIpc) is 2.28. The Labute approximate surface area is 98.1 Å². The topological polar surface area (TPSA) is 61.6 Å². The van der Waals surface area contributed by atoms with E-state index in [1.54, 1.807) is 11.8 Å². The second-order valence-electron chi connectivity index (χ2n) is 3.37. The molecular formula is C11H13NO3S. The molecule has 16 heavy (non-hydrogen) atoms. The number of rotatable bonds is 4. The summed E-state index contributed by atoms with van der Waals surface area (Å²) in [6.45, 7) is 1.18. The third-order valence-corrected chi connectivity index (χ3v) is 3.13. The molecule has 86 valence electrons. The maximum absolute atomic E-state index is 10.6. The van der Waals surface area contributed by atoms with Gasteiger partial charge in [-0.05, 0) is 18.2 Å². The van der Waals surface area contributed by atoms with Crippen molar-refractivity contribution < 1.29 is 14.3 Å². The Balaban J connectivity index is 1.97. The summed E-state index contributed by atoms with van der Waals surface area (Å²) in [6.07, 6.45) is 0.388. The molecule has 0 spiro atoms. The minimum Gasteiger partial charge on any atom is -0.486 e. The van der Waals surface area contributed by atoms with Gasteiger partial charge in [-0.1, -0.05) is 0 Å². The van der Waals surface area contributed by atoms with Crippen LogP contribution in [-0.4, -0.2) is 24.9 Å². The number of fused-ring (bicyclic) bond motifs is 1. The number of hydrogen-bond acceptors (Lipinski definition) is 4. The van der Waals surface area contributed by atoms with Gasteiger partial charge in [-0.25, -0.2) is 0 Å². The molecule has 1 aromatic rings. The third-order valence-electron chi connectivity index (χ3n) is 2.13. The van der Waals surface area contributed by atoms with Crippen molar-refractivity contribution in [2.45, 2.75) is 11.3 Å². The number of ether oxygens (including phenoxy) is 2. The summed E-state index contributed by atoms with van der Waals surface area (Å²) in [5, 5.41) is 0. The van der Waals surface area contributed by atoms with Crippen molar-refractivity contribution in [2.75, 3.05) is 19.0 Å². The second kappa shape index (κ2) is 5.12. The van der Waals surface area contributed by atoms with E-state index in [-0.39, 0.29) is 5.91 Å². The SMILES string of the molecule is NC(=O)CCSc1ccc2c(c1)OCCO2. The first-order chi connectivity index (χ1) is 7.75. The minimum absolute atomic E-state index is 0.273. The molecule has 1 aliphatic rings. The van der Waals surface area contributed by atoms with Crippen molar-refractivity contribution in [2.24, 2.45) is 5.73 Å². The van der Waals surface area contributed by atoms with Gasteiger partial charge in [0.05, 0.1) is 0 Å². The van der Waals surface area contributed by atoms with E-state index in [1.165, 1.54) is 0 Å². The molecule has 0 bridgehead atoms. The summed E-state index contributed by atoms with van der Waals surface area (Å²) in [5.74, 6) is 1.97. The van der Waals surface area contributed by atoms with E-state index in [0.717, 1.165) is 16.4 Å². The molecule has 1 amide bonds. The Hall–Kier alpha value is -1.36. The van der Waals surface area contributed by atoms with Crippen molar-refractivity contribution in [1.29, 1.82) is 0 Å². The first kappa shape index (κ1) is 11.1. The molecule has 0 aliphatic carbocycles. The number of hydrogen-bond donors (Lipinski definition) is 1. The fourth-order valence-electron chi connectivity index (χ4n) is 1.38. The van der Waals surface area contributed by atoms with Crippen LogP contribution in [0.2, 0.25) is 0 Å². The maximum Gasteiger partial charge on any atom is 0.218 e. The van der Waals surface area contributed by atoms with E-state index in [9.17, 15) is 4.79 Å². The van der Waals surface area contributed by atoms with Gasteiger partial charge in [0.15, 0.2) is 11.5 Å². The van der Waals surface area contributed by atoms with Crippen LogP contribution >= 0.6 is 11.8 Å². The van der Waals surface area contributed by atoms with Crippen molar-refractivity contribution in [3.8, 4) is 11.5 Å². The van der Waals surface area contributed by atoms with Gasteiger partial charge in [0.2, 0.25) is 5.91 Å². The summed E-state index contributed by atoms with van der Waals surface area (Å²) in [4.78, 5) is 11.6. The van der Waals surface area contributed by atoms with Gasteiger partial charge in [-0.2, -0.15) is 0 Å². The lowest BCUT2D eigenvalue weighted by molar-refractivity contribution is -0.117. The highest BCUT2D eigenvalue weighted by molar-refractivity contribution is 7.99. The summed E-state index contributed by atoms with van der Waals surface area (Å²) < 4.78 is 10.9. The van der Waals surface area contributed by atoms with Crippen LogP contribution in [0.3, 0.4) is 0 Å². The number of carbonyl (C=O) groups excluding carboxylic acids is 1. The number of carbonyl (C=O) groups is 1. The molecule has 5 heteroatoms. The van der Waals surface area contributed by atoms with Crippen LogP contribution in [0.5, 0.6) is 11.5 Å². The van der Waals surface area contributed by atoms with Crippen LogP contribution in [0.15, 0.2) is 23.1 Å². The summed E-state index contributed by atoms with van der Waals surface area (Å²) >= 11 is 1.59. The molecule has 0 saturated carbocycles. The zero-order valence-corrected chi connectivity index (χ0v) is 9.59. The fraction of sp³-hybridized carbons (Fsp3) is 0.364. The van der Waals surface area contributed by atoms with Gasteiger partial charge in [-0.3, -0.25) is 4.79 Å². The molecule has 2 N–H and O–H groups in total. The van der Waals surface area contributed by atoms with Crippen LogP contribution in [0, 0.1) is 0 Å². The van der Waals surface area contributed by atoms with Crippen molar-refractivity contribution in [3.63, 3.8) is 0 Å². The zero-order chi connectivity index (χ0) is 11.4. The number of benzene rings is 1. The smallest absolute Gasteiger partial charge is 0.218 e. The zero-order valence-electron chi connectivity index (χ0n) is 8.77. The Morgan fingerprint density at radius 2 is 2.06 bits per heavy atom. The average molecular weight is 239 g/mol. The molecule has 1 heterocycles. The van der Waals surface area contributed by atoms with E-state index >= 15 is 0 Å². The van der Waals surface area contributed by atoms with Crippen molar-refractivity contribution in [1.82, 2.24) is 0 Å². The molecule has 0 saturated heterocycles. The molecule has 2 rings (SSSR count). The molecule has 0 atom stereocenters. The second-order valence-corrected chi connectivity index (χ2v) is 4.54. The van der Waals surface area contributed by atoms with E-state index in [4.69, 9.17) is 15.2 Å². The first-order valence-electron chi connectivity index (χ1n) is 5.06. The van der Waals surface area contributed by atoms with E-state index in [1.807, 2.05) is 18.2 Å². The lowest BCUT2D eigenvalue weighted by Gasteiger charge is -2.18. The van der Waals surface area contributed by atoms with Crippen LogP contribution in [0.1, 0.15) is 6.42 Å². The number of nitrogens with two attached hydrogens (primary N) is 1. The Morgan fingerprint density at radius 3 is 2.81 bits per heavy atom. The van der Waals surface area contributed by atoms with Crippen LogP contribution in [-0.2, 0) is 4.79 Å². The molecule has 0 aromatic heterocycles. The molecular weight excluding hydrogens is 226 g/mol. The van der Waals surface area contributed by atoms with Crippen molar-refractivity contribution >= 4 is 17.7 Å². The van der Waals surface area contributed by atoms with Gasteiger partial charge in [0.1, 0.15) is 13.2 Å².